The van der Waals surface area contributed by atoms with Crippen LogP contribution in [0.5, 0.6) is 0 Å². The Morgan fingerprint density at radius 2 is 2.00 bits per heavy atom. The number of nitrogens with zero attached hydrogens (tertiary/aromatic N) is 1. The van der Waals surface area contributed by atoms with E-state index in [1.54, 1.807) is 13.1 Å². The number of rotatable bonds is 6. The maximum atomic E-state index is 13.0. The minimum atomic E-state index is -0.270. The van der Waals surface area contributed by atoms with Gasteiger partial charge in [-0.3, -0.25) is 9.59 Å². The molecule has 5 rings (SSSR count). The lowest BCUT2D eigenvalue weighted by molar-refractivity contribution is 0.0958. The lowest BCUT2D eigenvalue weighted by Gasteiger charge is -2.10. The molecule has 1 saturated carbocycles. The highest BCUT2D eigenvalue weighted by atomic mass is 16.1. The van der Waals surface area contributed by atoms with Crippen LogP contribution in [0.25, 0.3) is 10.9 Å². The molecule has 29 heavy (non-hydrogen) atoms. The second kappa shape index (κ2) is 7.12. The van der Waals surface area contributed by atoms with Crippen LogP contribution in [-0.4, -0.2) is 41.8 Å². The maximum absolute atomic E-state index is 13.0. The number of H-pyrrole nitrogens is 1. The first-order valence-electron chi connectivity index (χ1n) is 10.2. The summed E-state index contributed by atoms with van der Waals surface area (Å²) in [7, 11) is 1.58. The summed E-state index contributed by atoms with van der Waals surface area (Å²) in [6.07, 6.45) is 3.04. The number of ketones is 1. The molecular weight excluding hydrogens is 364 g/mol. The van der Waals surface area contributed by atoms with E-state index in [4.69, 9.17) is 0 Å². The summed E-state index contributed by atoms with van der Waals surface area (Å²) >= 11 is 0. The quantitative estimate of drug-likeness (QED) is 0.567. The highest BCUT2D eigenvalue weighted by Crippen LogP contribution is 2.51. The van der Waals surface area contributed by atoms with Crippen molar-refractivity contribution >= 4 is 22.6 Å². The van der Waals surface area contributed by atoms with Gasteiger partial charge in [-0.15, -0.1) is 0 Å². The number of carbonyl (C=O) groups is 2. The number of piperidine rings is 1. The Kier molecular flexibility index (Phi) is 4.43. The van der Waals surface area contributed by atoms with E-state index in [2.05, 4.69) is 26.7 Å². The van der Waals surface area contributed by atoms with Crippen LogP contribution in [0.1, 0.15) is 38.5 Å². The van der Waals surface area contributed by atoms with E-state index in [-0.39, 0.29) is 11.7 Å². The van der Waals surface area contributed by atoms with Gasteiger partial charge < -0.3 is 15.6 Å². The summed E-state index contributed by atoms with van der Waals surface area (Å²) in [5.74, 6) is 1.61. The van der Waals surface area contributed by atoms with Crippen molar-refractivity contribution in [1.82, 2.24) is 20.6 Å². The van der Waals surface area contributed by atoms with Gasteiger partial charge in [-0.2, -0.15) is 0 Å². The van der Waals surface area contributed by atoms with Crippen LogP contribution in [0.3, 0.4) is 0 Å². The van der Waals surface area contributed by atoms with Crippen LogP contribution < -0.4 is 10.6 Å². The van der Waals surface area contributed by atoms with E-state index in [1.807, 2.05) is 30.5 Å². The number of carbonyl (C=O) groups excluding carboxylic acids is 2. The predicted molar refractivity (Wildman–Crippen MR) is 111 cm³/mol. The van der Waals surface area contributed by atoms with Gasteiger partial charge in [0.2, 0.25) is 0 Å². The second-order valence-electron chi connectivity index (χ2n) is 8.12. The first-order chi connectivity index (χ1) is 14.1. The van der Waals surface area contributed by atoms with E-state index < -0.39 is 0 Å². The molecule has 0 spiro atoms. The third kappa shape index (κ3) is 3.34. The van der Waals surface area contributed by atoms with E-state index in [0.29, 0.717) is 41.9 Å². The van der Waals surface area contributed by atoms with Crippen LogP contribution in [0.4, 0.5) is 0 Å². The number of amides is 1. The molecule has 3 N–H and O–H groups in total. The second-order valence-corrected chi connectivity index (χ2v) is 8.12. The molecule has 2 fully saturated rings. The molecule has 3 aromatic rings. The normalized spacial score (nSPS) is 22.4. The lowest BCUT2D eigenvalue weighted by atomic mass is 9.99. The van der Waals surface area contributed by atoms with Crippen molar-refractivity contribution in [2.45, 2.75) is 12.8 Å². The Morgan fingerprint density at radius 1 is 1.17 bits per heavy atom. The van der Waals surface area contributed by atoms with Crippen molar-refractivity contribution in [3.05, 3.63) is 65.1 Å². The molecule has 148 valence electrons. The fourth-order valence-corrected chi connectivity index (χ4v) is 4.76. The van der Waals surface area contributed by atoms with Gasteiger partial charge in [0.05, 0.1) is 0 Å². The third-order valence-electron chi connectivity index (χ3n) is 6.41. The number of aromatic amines is 1. The number of Topliss-reactive ketones (excluding diaryl/α,β-unsaturated/α-hetero) is 1. The Labute approximate surface area is 169 Å². The van der Waals surface area contributed by atoms with Crippen molar-refractivity contribution in [2.24, 2.45) is 17.8 Å². The molecule has 6 heteroatoms. The molecule has 2 aliphatic rings. The van der Waals surface area contributed by atoms with E-state index in [9.17, 15) is 9.59 Å². The summed E-state index contributed by atoms with van der Waals surface area (Å²) in [6, 6.07) is 11.6. The Bertz CT molecular complexity index is 1090. The van der Waals surface area contributed by atoms with E-state index >= 15 is 0 Å². The molecule has 0 radical (unpaired) electrons. The van der Waals surface area contributed by atoms with Crippen molar-refractivity contribution < 1.29 is 9.59 Å². The van der Waals surface area contributed by atoms with Gasteiger partial charge in [-0.25, -0.2) is 4.98 Å². The lowest BCUT2D eigenvalue weighted by Crippen LogP contribution is -2.21. The molecule has 2 aromatic heterocycles. The molecule has 3 heterocycles. The summed E-state index contributed by atoms with van der Waals surface area (Å²) in [6.45, 7) is 2.04. The number of nitrogens with one attached hydrogen (secondary N) is 3. The van der Waals surface area contributed by atoms with Crippen molar-refractivity contribution in [1.29, 1.82) is 0 Å². The zero-order valence-electron chi connectivity index (χ0n) is 16.4. The van der Waals surface area contributed by atoms with Crippen LogP contribution in [-0.2, 0) is 6.42 Å². The van der Waals surface area contributed by atoms with Crippen molar-refractivity contribution in [3.8, 4) is 0 Å². The zero-order chi connectivity index (χ0) is 20.0. The maximum Gasteiger partial charge on any atom is 0.269 e. The number of fused-ring (bicyclic) bond motifs is 2. The standard InChI is InChI=1S/C23H24N4O2/c1-24-23(29)21-9-14(22(28)10-17-18-11-25-12-19(17)18)8-15(27-21)7-13-3-2-4-20-16(13)5-6-26-20/h2-6,8-9,17-19,25-26H,7,10-12H2,1H3,(H,24,29)/t17?,18-,19+. The predicted octanol–water partition coefficient (Wildman–Crippen LogP) is 2.55. The Hall–Kier alpha value is -2.99. The molecule has 1 aliphatic carbocycles. The molecular formula is C23H24N4O2. The van der Waals surface area contributed by atoms with Crippen LogP contribution in [0.2, 0.25) is 0 Å². The molecule has 1 amide bonds. The average Bonchev–Trinajstić information content (AvgIpc) is 3.14. The van der Waals surface area contributed by atoms with Crippen LogP contribution in [0.15, 0.2) is 42.6 Å². The highest BCUT2D eigenvalue weighted by Gasteiger charge is 2.53. The van der Waals surface area contributed by atoms with E-state index in [1.165, 1.54) is 0 Å². The first-order valence-corrected chi connectivity index (χ1v) is 10.2. The SMILES string of the molecule is CNC(=O)c1cc(C(=O)CC2[C@H]3CNC[C@@H]23)cc(Cc2cccc3[nH]ccc23)n1. The summed E-state index contributed by atoms with van der Waals surface area (Å²) < 4.78 is 0. The first kappa shape index (κ1) is 18.1. The highest BCUT2D eigenvalue weighted by molar-refractivity contribution is 6.00. The van der Waals surface area contributed by atoms with Gasteiger partial charge in [0.1, 0.15) is 5.69 Å². The summed E-state index contributed by atoms with van der Waals surface area (Å²) in [5.41, 5.74) is 3.81. The summed E-state index contributed by atoms with van der Waals surface area (Å²) in [4.78, 5) is 33.0. The van der Waals surface area contributed by atoms with Gasteiger partial charge in [0.25, 0.3) is 5.91 Å². The minimum Gasteiger partial charge on any atom is -0.361 e. The average molecular weight is 388 g/mol. The molecule has 1 unspecified atom stereocenters. The molecule has 1 saturated heterocycles. The largest absolute Gasteiger partial charge is 0.361 e. The number of hydrogen-bond acceptors (Lipinski definition) is 4. The number of pyridine rings is 1. The molecule has 3 atom stereocenters. The topological polar surface area (TPSA) is 86.9 Å². The van der Waals surface area contributed by atoms with Gasteiger partial charge >= 0.3 is 0 Å². The zero-order valence-corrected chi connectivity index (χ0v) is 16.4. The molecule has 1 aromatic carbocycles. The Morgan fingerprint density at radius 3 is 2.79 bits per heavy atom. The van der Waals surface area contributed by atoms with Gasteiger partial charge in [0, 0.05) is 48.2 Å². The van der Waals surface area contributed by atoms with E-state index in [0.717, 1.165) is 35.2 Å². The summed E-state index contributed by atoms with van der Waals surface area (Å²) in [5, 5.41) is 7.12. The van der Waals surface area contributed by atoms with Crippen LogP contribution in [0, 0.1) is 17.8 Å². The van der Waals surface area contributed by atoms with Crippen LogP contribution >= 0.6 is 0 Å². The number of benzene rings is 1. The van der Waals surface area contributed by atoms with Gasteiger partial charge in [-0.05, 0) is 60.7 Å². The third-order valence-corrected chi connectivity index (χ3v) is 6.41. The number of hydrogen-bond donors (Lipinski definition) is 3. The smallest absolute Gasteiger partial charge is 0.269 e. The van der Waals surface area contributed by atoms with Gasteiger partial charge in [-0.1, -0.05) is 12.1 Å². The minimum absolute atomic E-state index is 0.109. The number of aromatic nitrogens is 2. The Balaban J connectivity index is 1.44. The van der Waals surface area contributed by atoms with Crippen molar-refractivity contribution in [2.75, 3.05) is 20.1 Å². The van der Waals surface area contributed by atoms with Crippen molar-refractivity contribution in [3.63, 3.8) is 0 Å². The monoisotopic (exact) mass is 388 g/mol. The molecule has 6 nitrogen and oxygen atoms in total. The molecule has 1 aliphatic heterocycles. The molecule has 0 bridgehead atoms. The fourth-order valence-electron chi connectivity index (χ4n) is 4.76. The fraction of sp³-hybridized carbons (Fsp3) is 0.348. The van der Waals surface area contributed by atoms with Gasteiger partial charge in [0.15, 0.2) is 5.78 Å².